The van der Waals surface area contributed by atoms with E-state index in [-0.39, 0.29) is 13.2 Å². The van der Waals surface area contributed by atoms with Crippen molar-refractivity contribution >= 4 is 0 Å². The Balaban J connectivity index is 2.49. The standard InChI is InChI=1S/C16H25NO3/c1-5-8-19-12-15(18)10-17(9-13(2)3)11-16-7-6-14(4)20-16/h1,6-7,13,15,18H,8-12H2,2-4H3/t15-/m0/s1. The molecule has 0 spiro atoms. The van der Waals surface area contributed by atoms with Crippen molar-refractivity contribution in [3.63, 3.8) is 0 Å². The Morgan fingerprint density at radius 3 is 2.70 bits per heavy atom. The van der Waals surface area contributed by atoms with E-state index in [0.717, 1.165) is 18.1 Å². The lowest BCUT2D eigenvalue weighted by molar-refractivity contribution is 0.0224. The van der Waals surface area contributed by atoms with Crippen LogP contribution in [-0.2, 0) is 11.3 Å². The van der Waals surface area contributed by atoms with Gasteiger partial charge >= 0.3 is 0 Å². The van der Waals surface area contributed by atoms with Crippen molar-refractivity contribution < 1.29 is 14.3 Å². The molecule has 20 heavy (non-hydrogen) atoms. The average molecular weight is 279 g/mol. The smallest absolute Gasteiger partial charge is 0.118 e. The lowest BCUT2D eigenvalue weighted by Crippen LogP contribution is -2.36. The van der Waals surface area contributed by atoms with Gasteiger partial charge in [-0.1, -0.05) is 19.8 Å². The van der Waals surface area contributed by atoms with Crippen LogP contribution >= 0.6 is 0 Å². The molecule has 0 amide bonds. The summed E-state index contributed by atoms with van der Waals surface area (Å²) in [7, 11) is 0. The summed E-state index contributed by atoms with van der Waals surface area (Å²) in [6.07, 6.45) is 4.56. The highest BCUT2D eigenvalue weighted by Crippen LogP contribution is 2.11. The zero-order chi connectivity index (χ0) is 15.0. The largest absolute Gasteiger partial charge is 0.465 e. The molecule has 0 aliphatic carbocycles. The number of furan rings is 1. The minimum atomic E-state index is -0.543. The predicted octanol–water partition coefficient (Wildman–Crippen LogP) is 2.06. The molecular weight excluding hydrogens is 254 g/mol. The van der Waals surface area contributed by atoms with E-state index < -0.39 is 6.10 Å². The number of hydrogen-bond donors (Lipinski definition) is 1. The second-order valence-electron chi connectivity index (χ2n) is 5.47. The van der Waals surface area contributed by atoms with Gasteiger partial charge in [-0.15, -0.1) is 6.42 Å². The Kier molecular flexibility index (Phi) is 7.38. The zero-order valence-corrected chi connectivity index (χ0v) is 12.6. The van der Waals surface area contributed by atoms with E-state index in [0.29, 0.717) is 19.0 Å². The summed E-state index contributed by atoms with van der Waals surface area (Å²) in [6.45, 7) is 8.86. The third-order valence-corrected chi connectivity index (χ3v) is 2.76. The van der Waals surface area contributed by atoms with Crippen molar-refractivity contribution in [2.45, 2.75) is 33.4 Å². The zero-order valence-electron chi connectivity index (χ0n) is 12.6. The Labute approximate surface area is 121 Å². The van der Waals surface area contributed by atoms with E-state index in [4.69, 9.17) is 15.6 Å². The van der Waals surface area contributed by atoms with Gasteiger partial charge in [0.2, 0.25) is 0 Å². The van der Waals surface area contributed by atoms with E-state index in [1.165, 1.54) is 0 Å². The third kappa shape index (κ3) is 6.76. The molecule has 1 heterocycles. The lowest BCUT2D eigenvalue weighted by Gasteiger charge is -2.25. The van der Waals surface area contributed by atoms with Crippen LogP contribution in [0.25, 0.3) is 0 Å². The molecule has 0 radical (unpaired) electrons. The van der Waals surface area contributed by atoms with Crippen LogP contribution in [0.3, 0.4) is 0 Å². The molecule has 0 unspecified atom stereocenters. The second-order valence-corrected chi connectivity index (χ2v) is 5.47. The van der Waals surface area contributed by atoms with Gasteiger partial charge in [-0.25, -0.2) is 0 Å². The first kappa shape index (κ1) is 16.8. The predicted molar refractivity (Wildman–Crippen MR) is 79.2 cm³/mol. The molecular formula is C16H25NO3. The van der Waals surface area contributed by atoms with Crippen molar-refractivity contribution in [2.75, 3.05) is 26.3 Å². The number of rotatable bonds is 9. The number of aryl methyl sites for hydroxylation is 1. The van der Waals surface area contributed by atoms with Crippen LogP contribution in [0.4, 0.5) is 0 Å². The fourth-order valence-corrected chi connectivity index (χ4v) is 2.12. The van der Waals surface area contributed by atoms with E-state index in [1.807, 2.05) is 19.1 Å². The van der Waals surface area contributed by atoms with E-state index in [2.05, 4.69) is 24.7 Å². The van der Waals surface area contributed by atoms with Gasteiger partial charge < -0.3 is 14.3 Å². The van der Waals surface area contributed by atoms with Crippen LogP contribution < -0.4 is 0 Å². The van der Waals surface area contributed by atoms with Gasteiger partial charge in [-0.05, 0) is 25.0 Å². The van der Waals surface area contributed by atoms with Crippen molar-refractivity contribution in [1.29, 1.82) is 0 Å². The summed E-state index contributed by atoms with van der Waals surface area (Å²) >= 11 is 0. The summed E-state index contributed by atoms with van der Waals surface area (Å²) in [5.74, 6) is 4.73. The van der Waals surface area contributed by atoms with Gasteiger partial charge in [0.05, 0.1) is 19.3 Å². The number of aliphatic hydroxyl groups is 1. The van der Waals surface area contributed by atoms with Crippen LogP contribution in [0.15, 0.2) is 16.5 Å². The molecule has 1 aromatic heterocycles. The topological polar surface area (TPSA) is 45.8 Å². The highest BCUT2D eigenvalue weighted by atomic mass is 16.5. The summed E-state index contributed by atoms with van der Waals surface area (Å²) in [6, 6.07) is 3.93. The Bertz CT molecular complexity index is 420. The maximum atomic E-state index is 9.98. The van der Waals surface area contributed by atoms with Crippen molar-refractivity contribution in [3.8, 4) is 12.3 Å². The molecule has 0 saturated carbocycles. The monoisotopic (exact) mass is 279 g/mol. The van der Waals surface area contributed by atoms with Gasteiger partial charge in [0.15, 0.2) is 0 Å². The molecule has 1 N–H and O–H groups in total. The van der Waals surface area contributed by atoms with Gasteiger partial charge in [-0.3, -0.25) is 4.90 Å². The molecule has 0 bridgehead atoms. The maximum Gasteiger partial charge on any atom is 0.118 e. The average Bonchev–Trinajstić information content (AvgIpc) is 2.74. The Morgan fingerprint density at radius 2 is 2.15 bits per heavy atom. The third-order valence-electron chi connectivity index (χ3n) is 2.76. The molecule has 1 rings (SSSR count). The molecule has 112 valence electrons. The number of aliphatic hydroxyl groups excluding tert-OH is 1. The van der Waals surface area contributed by atoms with Crippen LogP contribution in [0, 0.1) is 25.2 Å². The van der Waals surface area contributed by atoms with Crippen molar-refractivity contribution in [1.82, 2.24) is 4.90 Å². The van der Waals surface area contributed by atoms with Crippen LogP contribution in [0.5, 0.6) is 0 Å². The molecule has 0 aliphatic rings. The van der Waals surface area contributed by atoms with E-state index >= 15 is 0 Å². The SMILES string of the molecule is C#CCOC[C@@H](O)CN(Cc1ccc(C)o1)CC(C)C. The van der Waals surface area contributed by atoms with Gasteiger partial charge in [-0.2, -0.15) is 0 Å². The summed E-state index contributed by atoms with van der Waals surface area (Å²) in [5, 5.41) is 9.98. The minimum absolute atomic E-state index is 0.235. The molecule has 0 aliphatic heterocycles. The number of hydrogen-bond acceptors (Lipinski definition) is 4. The Hall–Kier alpha value is -1.28. The summed E-state index contributed by atoms with van der Waals surface area (Å²) in [5.41, 5.74) is 0. The highest BCUT2D eigenvalue weighted by Gasteiger charge is 2.15. The highest BCUT2D eigenvalue weighted by molar-refractivity contribution is 5.05. The molecule has 0 saturated heterocycles. The van der Waals surface area contributed by atoms with Gasteiger partial charge in [0.1, 0.15) is 18.1 Å². The first-order valence-corrected chi connectivity index (χ1v) is 6.98. The van der Waals surface area contributed by atoms with Crippen molar-refractivity contribution in [2.24, 2.45) is 5.92 Å². The Morgan fingerprint density at radius 1 is 1.40 bits per heavy atom. The minimum Gasteiger partial charge on any atom is -0.465 e. The number of ether oxygens (including phenoxy) is 1. The van der Waals surface area contributed by atoms with E-state index in [1.54, 1.807) is 0 Å². The van der Waals surface area contributed by atoms with E-state index in [9.17, 15) is 5.11 Å². The normalized spacial score (nSPS) is 12.8. The molecule has 0 fully saturated rings. The van der Waals surface area contributed by atoms with Gasteiger partial charge in [0.25, 0.3) is 0 Å². The fraction of sp³-hybridized carbons (Fsp3) is 0.625. The van der Waals surface area contributed by atoms with Crippen LogP contribution in [0.2, 0.25) is 0 Å². The summed E-state index contributed by atoms with van der Waals surface area (Å²) in [4.78, 5) is 2.17. The van der Waals surface area contributed by atoms with Crippen LogP contribution in [-0.4, -0.2) is 42.4 Å². The van der Waals surface area contributed by atoms with Gasteiger partial charge in [0, 0.05) is 13.1 Å². The molecule has 4 heteroatoms. The summed E-state index contributed by atoms with van der Waals surface area (Å²) < 4.78 is 10.8. The van der Waals surface area contributed by atoms with Crippen molar-refractivity contribution in [3.05, 3.63) is 23.7 Å². The first-order valence-electron chi connectivity index (χ1n) is 6.98. The quantitative estimate of drug-likeness (QED) is 0.555. The van der Waals surface area contributed by atoms with Crippen LogP contribution in [0.1, 0.15) is 25.4 Å². The second kappa shape index (κ2) is 8.80. The number of terminal acetylenes is 1. The molecule has 4 nitrogen and oxygen atoms in total. The first-order chi connectivity index (χ1) is 9.51. The molecule has 1 aromatic rings. The lowest BCUT2D eigenvalue weighted by atomic mass is 10.2. The maximum absolute atomic E-state index is 9.98. The number of nitrogens with zero attached hydrogens (tertiary/aromatic N) is 1. The fourth-order valence-electron chi connectivity index (χ4n) is 2.12. The molecule has 0 aromatic carbocycles. The molecule has 1 atom stereocenters.